The molecule has 0 aromatic rings. The van der Waals surface area contributed by atoms with E-state index in [1.54, 1.807) is 27.7 Å². The third kappa shape index (κ3) is 3.93. The molecule has 7 heteroatoms. The van der Waals surface area contributed by atoms with E-state index in [9.17, 15) is 9.36 Å². The smallest absolute Gasteiger partial charge is 0.304 e. The molecular formula is C9H19BrNO4P. The van der Waals surface area contributed by atoms with Crippen molar-refractivity contribution >= 4 is 29.3 Å². The Morgan fingerprint density at radius 1 is 1.25 bits per heavy atom. The molecule has 0 fully saturated rings. The molecule has 0 saturated heterocycles. The van der Waals surface area contributed by atoms with E-state index >= 15 is 0 Å². The zero-order chi connectivity index (χ0) is 13.1. The van der Waals surface area contributed by atoms with Gasteiger partial charge in [-0.05, 0) is 50.5 Å². The number of halogens is 1. The van der Waals surface area contributed by atoms with Crippen molar-refractivity contribution in [2.45, 2.75) is 51.0 Å². The molecule has 16 heavy (non-hydrogen) atoms. The van der Waals surface area contributed by atoms with Gasteiger partial charge in [-0.2, -0.15) is 0 Å². The molecule has 1 atom stereocenters. The second-order valence-corrected chi connectivity index (χ2v) is 8.02. The van der Waals surface area contributed by atoms with Crippen molar-refractivity contribution in [3.05, 3.63) is 0 Å². The first-order valence-electron chi connectivity index (χ1n) is 4.98. The van der Waals surface area contributed by atoms with Crippen molar-refractivity contribution < 1.29 is 18.4 Å². The van der Waals surface area contributed by atoms with Crippen molar-refractivity contribution in [1.29, 1.82) is 0 Å². The van der Waals surface area contributed by atoms with E-state index in [-0.39, 0.29) is 12.2 Å². The molecular weight excluding hydrogens is 297 g/mol. The Hall–Kier alpha value is 0.260. The lowest BCUT2D eigenvalue weighted by Gasteiger charge is -2.31. The molecule has 0 saturated carbocycles. The molecule has 0 heterocycles. The first-order valence-corrected chi connectivity index (χ1v) is 7.32. The lowest BCUT2D eigenvalue weighted by atomic mass is 10.5. The van der Waals surface area contributed by atoms with Crippen LogP contribution in [-0.4, -0.2) is 22.2 Å². The first kappa shape index (κ1) is 16.3. The monoisotopic (exact) mass is 315 g/mol. The van der Waals surface area contributed by atoms with E-state index in [1.807, 2.05) is 0 Å². The van der Waals surface area contributed by atoms with Gasteiger partial charge in [0.1, 0.15) is 0 Å². The maximum absolute atomic E-state index is 12.5. The zero-order valence-electron chi connectivity index (χ0n) is 10.2. The number of hydrogen-bond acceptors (Lipinski definition) is 5. The van der Waals surface area contributed by atoms with Crippen molar-refractivity contribution in [1.82, 2.24) is 0 Å². The number of carbonyl (C=O) groups is 1. The SMILES string of the molecule is CC(=O)C(N)(Br)P(=O)(OC(C)C)OC(C)C. The molecule has 0 aromatic carbocycles. The van der Waals surface area contributed by atoms with Crippen LogP contribution in [0.5, 0.6) is 0 Å². The lowest BCUT2D eigenvalue weighted by Crippen LogP contribution is -2.42. The molecule has 5 nitrogen and oxygen atoms in total. The summed E-state index contributed by atoms with van der Waals surface area (Å²) < 4.78 is 21.1. The summed E-state index contributed by atoms with van der Waals surface area (Å²) in [6.07, 6.45) is -0.714. The minimum atomic E-state index is -3.75. The van der Waals surface area contributed by atoms with Crippen LogP contribution in [0.3, 0.4) is 0 Å². The Morgan fingerprint density at radius 2 is 1.56 bits per heavy atom. The fourth-order valence-electron chi connectivity index (χ4n) is 0.926. The Morgan fingerprint density at radius 3 is 1.75 bits per heavy atom. The summed E-state index contributed by atoms with van der Waals surface area (Å²) in [6, 6.07) is 0. The van der Waals surface area contributed by atoms with E-state index in [0.29, 0.717) is 0 Å². The maximum atomic E-state index is 12.5. The fraction of sp³-hybridized carbons (Fsp3) is 0.889. The summed E-state index contributed by atoms with van der Waals surface area (Å²) in [5.74, 6) is -0.503. The molecule has 0 rings (SSSR count). The molecule has 0 amide bonds. The number of carbonyl (C=O) groups excluding carboxylic acids is 1. The molecule has 0 spiro atoms. The Bertz CT molecular complexity index is 290. The summed E-state index contributed by atoms with van der Waals surface area (Å²) in [6.45, 7) is 8.01. The van der Waals surface area contributed by atoms with Gasteiger partial charge < -0.3 is 9.05 Å². The number of alkyl halides is 1. The van der Waals surface area contributed by atoms with Crippen LogP contribution in [-0.2, 0) is 18.4 Å². The van der Waals surface area contributed by atoms with E-state index in [1.165, 1.54) is 6.92 Å². The highest BCUT2D eigenvalue weighted by Gasteiger charge is 2.51. The summed E-state index contributed by atoms with van der Waals surface area (Å²) in [7, 11) is -3.75. The maximum Gasteiger partial charge on any atom is 0.369 e. The van der Waals surface area contributed by atoms with Crippen LogP contribution in [0.4, 0.5) is 0 Å². The topological polar surface area (TPSA) is 78.6 Å². The molecule has 0 aromatic heterocycles. The fourth-order valence-corrected chi connectivity index (χ4v) is 3.28. The summed E-state index contributed by atoms with van der Waals surface area (Å²) >= 11 is 2.94. The van der Waals surface area contributed by atoms with Crippen molar-refractivity contribution in [2.24, 2.45) is 5.73 Å². The average Bonchev–Trinajstić information content (AvgIpc) is 1.99. The summed E-state index contributed by atoms with van der Waals surface area (Å²) in [4.78, 5) is 11.4. The van der Waals surface area contributed by atoms with Gasteiger partial charge in [-0.1, -0.05) is 0 Å². The highest BCUT2D eigenvalue weighted by Crippen LogP contribution is 2.62. The molecule has 0 radical (unpaired) electrons. The molecule has 96 valence electrons. The number of Topliss-reactive ketones (excluding diaryl/α,β-unsaturated/α-hetero) is 1. The lowest BCUT2D eigenvalue weighted by molar-refractivity contribution is -0.117. The van der Waals surface area contributed by atoms with E-state index in [2.05, 4.69) is 15.9 Å². The average molecular weight is 316 g/mol. The second kappa shape index (κ2) is 5.74. The Labute approximate surface area is 105 Å². The van der Waals surface area contributed by atoms with Gasteiger partial charge in [0.2, 0.25) is 4.19 Å². The van der Waals surface area contributed by atoms with Gasteiger partial charge in [0.25, 0.3) is 0 Å². The van der Waals surface area contributed by atoms with Crippen LogP contribution in [0.25, 0.3) is 0 Å². The quantitative estimate of drug-likeness (QED) is 0.463. The number of nitrogens with two attached hydrogens (primary N) is 1. The second-order valence-electron chi connectivity index (χ2n) is 4.04. The van der Waals surface area contributed by atoms with E-state index in [0.717, 1.165) is 0 Å². The highest BCUT2D eigenvalue weighted by molar-refractivity contribution is 9.11. The molecule has 1 unspecified atom stereocenters. The molecule has 0 aliphatic rings. The van der Waals surface area contributed by atoms with Crippen molar-refractivity contribution in [3.8, 4) is 0 Å². The third-order valence-corrected chi connectivity index (χ3v) is 5.96. The summed E-state index contributed by atoms with van der Waals surface area (Å²) in [5, 5.41) is 0. The summed E-state index contributed by atoms with van der Waals surface area (Å²) in [5.41, 5.74) is 5.69. The van der Waals surface area contributed by atoms with Crippen LogP contribution in [0.2, 0.25) is 0 Å². The van der Waals surface area contributed by atoms with Crippen molar-refractivity contribution in [3.63, 3.8) is 0 Å². The zero-order valence-corrected chi connectivity index (χ0v) is 12.7. The third-order valence-electron chi connectivity index (χ3n) is 1.59. The van der Waals surface area contributed by atoms with Gasteiger partial charge in [-0.25, -0.2) is 0 Å². The first-order chi connectivity index (χ1) is 7.03. The largest absolute Gasteiger partial charge is 0.369 e. The van der Waals surface area contributed by atoms with Gasteiger partial charge in [0.15, 0.2) is 5.78 Å². The molecule has 0 bridgehead atoms. The minimum Gasteiger partial charge on any atom is -0.304 e. The number of rotatable bonds is 6. The Balaban J connectivity index is 5.22. The van der Waals surface area contributed by atoms with Gasteiger partial charge in [0.05, 0.1) is 12.2 Å². The predicted octanol–water partition coefficient (Wildman–Crippen LogP) is 2.63. The number of ketones is 1. The predicted molar refractivity (Wildman–Crippen MR) is 66.6 cm³/mol. The molecule has 0 aliphatic heterocycles. The van der Waals surface area contributed by atoms with Crippen LogP contribution < -0.4 is 5.73 Å². The minimum absolute atomic E-state index is 0.357. The van der Waals surface area contributed by atoms with Crippen molar-refractivity contribution in [2.75, 3.05) is 0 Å². The highest BCUT2D eigenvalue weighted by atomic mass is 79.9. The van der Waals surface area contributed by atoms with Crippen LogP contribution in [0, 0.1) is 0 Å². The van der Waals surface area contributed by atoms with Gasteiger partial charge in [-0.3, -0.25) is 15.1 Å². The molecule has 2 N–H and O–H groups in total. The van der Waals surface area contributed by atoms with Crippen LogP contribution >= 0.6 is 23.5 Å². The van der Waals surface area contributed by atoms with Gasteiger partial charge >= 0.3 is 7.60 Å². The van der Waals surface area contributed by atoms with Crippen LogP contribution in [0.1, 0.15) is 34.6 Å². The van der Waals surface area contributed by atoms with Crippen LogP contribution in [0.15, 0.2) is 0 Å². The molecule has 0 aliphatic carbocycles. The van der Waals surface area contributed by atoms with Gasteiger partial charge in [0, 0.05) is 0 Å². The van der Waals surface area contributed by atoms with E-state index in [4.69, 9.17) is 14.8 Å². The standard InChI is InChI=1S/C9H19BrNO4P/c1-6(2)14-16(13,15-7(3)4)9(10,11)8(5)12/h6-7H,11H2,1-5H3. The normalized spacial score (nSPS) is 16.6. The number of hydrogen-bond donors (Lipinski definition) is 1. The Kier molecular flexibility index (Phi) is 5.83. The van der Waals surface area contributed by atoms with Gasteiger partial charge in [-0.15, -0.1) is 0 Å². The van der Waals surface area contributed by atoms with E-state index < -0.39 is 17.6 Å².